The van der Waals surface area contributed by atoms with E-state index in [0.29, 0.717) is 52.9 Å². The van der Waals surface area contributed by atoms with Gasteiger partial charge in [0.1, 0.15) is 24.3 Å². The molecular weight excluding hydrogens is 807 g/mol. The standard InChI is InChI=1S/C23H22ClN5O.C12H10ClN5.C12H16O/c24-17-8-4-7-16(9-17)10-20-21-22(25)26-14-27-23(21)29(28-20)18-11-19(12-18)30-13-15-5-2-1-3-6-15;13-8-3-1-2-7(4-8)5-9-10-11(14)15-6-16-12(10)18-17-9;1-10-7-12(8-10)13-9-11-5-3-2-4-6-11/h1-9,14,18-19H,10-13H2,(H2,25,26,27);1-4,6H,5H2,(H3,14,15,16,17,18);2-6,10,12H,7-9H2,1H3. The summed E-state index contributed by atoms with van der Waals surface area (Å²) < 4.78 is 13.8. The van der Waals surface area contributed by atoms with Gasteiger partial charge in [-0.05, 0) is 78.1 Å². The van der Waals surface area contributed by atoms with Crippen molar-refractivity contribution < 1.29 is 9.47 Å². The second-order valence-corrected chi connectivity index (χ2v) is 16.5. The zero-order valence-electron chi connectivity index (χ0n) is 33.9. The summed E-state index contributed by atoms with van der Waals surface area (Å²) in [6.45, 7) is 3.69. The van der Waals surface area contributed by atoms with Gasteiger partial charge in [0.25, 0.3) is 0 Å². The molecule has 4 aromatic carbocycles. The van der Waals surface area contributed by atoms with Gasteiger partial charge in [0.2, 0.25) is 0 Å². The average molecular weight is 856 g/mol. The Morgan fingerprint density at radius 3 is 1.77 bits per heavy atom. The average Bonchev–Trinajstić information content (AvgIpc) is 3.82. The van der Waals surface area contributed by atoms with Crippen molar-refractivity contribution in [3.05, 3.63) is 166 Å². The number of H-pyrrole nitrogens is 1. The highest BCUT2D eigenvalue weighted by Crippen LogP contribution is 2.38. The van der Waals surface area contributed by atoms with E-state index in [9.17, 15) is 0 Å². The molecule has 2 saturated carbocycles. The number of anilines is 2. The minimum atomic E-state index is 0.227. The number of nitrogens with zero attached hydrogens (tertiary/aromatic N) is 7. The van der Waals surface area contributed by atoms with Crippen molar-refractivity contribution in [3.63, 3.8) is 0 Å². The molecule has 10 rings (SSSR count). The van der Waals surface area contributed by atoms with E-state index in [-0.39, 0.29) is 12.1 Å². The van der Waals surface area contributed by atoms with E-state index >= 15 is 0 Å². The van der Waals surface area contributed by atoms with Crippen molar-refractivity contribution in [3.8, 4) is 0 Å². The number of nitrogens with two attached hydrogens (primary N) is 2. The highest BCUT2D eigenvalue weighted by atomic mass is 35.5. The topological polar surface area (TPSA) is 169 Å². The minimum Gasteiger partial charge on any atom is -0.383 e. The molecule has 12 nitrogen and oxygen atoms in total. The van der Waals surface area contributed by atoms with Crippen molar-refractivity contribution in [2.45, 2.75) is 76.9 Å². The molecule has 2 fully saturated rings. The van der Waals surface area contributed by atoms with E-state index in [2.05, 4.69) is 73.5 Å². The Bertz CT molecular complexity index is 2660. The number of hydrogen-bond acceptors (Lipinski definition) is 10. The van der Waals surface area contributed by atoms with Crippen LogP contribution in [-0.4, -0.2) is 52.1 Å². The minimum absolute atomic E-state index is 0.227. The molecule has 14 heteroatoms. The molecule has 4 aromatic heterocycles. The van der Waals surface area contributed by atoms with Crippen LogP contribution in [0.5, 0.6) is 0 Å². The number of halogens is 2. The summed E-state index contributed by atoms with van der Waals surface area (Å²) in [6, 6.07) is 36.3. The lowest BCUT2D eigenvalue weighted by molar-refractivity contribution is -0.0375. The molecule has 0 unspecified atom stereocenters. The molecule has 0 spiro atoms. The molecular formula is C47H48Cl2N10O2. The summed E-state index contributed by atoms with van der Waals surface area (Å²) in [5.41, 5.74) is 19.8. The van der Waals surface area contributed by atoms with Crippen molar-refractivity contribution >= 4 is 56.9 Å². The molecule has 0 amide bonds. The van der Waals surface area contributed by atoms with Gasteiger partial charge in [-0.25, -0.2) is 24.6 Å². The second-order valence-electron chi connectivity index (χ2n) is 15.7. The van der Waals surface area contributed by atoms with Crippen LogP contribution in [0.2, 0.25) is 10.0 Å². The summed E-state index contributed by atoms with van der Waals surface area (Å²) in [5.74, 6) is 1.77. The van der Waals surface area contributed by atoms with Gasteiger partial charge < -0.3 is 20.9 Å². The number of rotatable bonds is 11. The van der Waals surface area contributed by atoms with Gasteiger partial charge in [0.15, 0.2) is 11.3 Å². The highest BCUT2D eigenvalue weighted by Gasteiger charge is 2.34. The maximum atomic E-state index is 6.20. The van der Waals surface area contributed by atoms with Gasteiger partial charge in [0.05, 0.1) is 53.6 Å². The van der Waals surface area contributed by atoms with E-state index in [0.717, 1.165) is 64.3 Å². The summed E-state index contributed by atoms with van der Waals surface area (Å²) in [6.07, 6.45) is 9.24. The van der Waals surface area contributed by atoms with Crippen LogP contribution in [0.1, 0.15) is 72.3 Å². The second kappa shape index (κ2) is 19.6. The lowest BCUT2D eigenvalue weighted by Gasteiger charge is -2.35. The monoisotopic (exact) mass is 854 g/mol. The lowest BCUT2D eigenvalue weighted by Crippen LogP contribution is -2.34. The number of aromatic amines is 1. The Hall–Kier alpha value is -5.92. The Balaban J connectivity index is 0.000000140. The first kappa shape index (κ1) is 41.8. The summed E-state index contributed by atoms with van der Waals surface area (Å²) in [4.78, 5) is 16.7. The molecule has 5 N–H and O–H groups in total. The Morgan fingerprint density at radius 1 is 0.639 bits per heavy atom. The lowest BCUT2D eigenvalue weighted by atomic mass is 9.84. The first-order valence-corrected chi connectivity index (χ1v) is 21.2. The number of benzene rings is 4. The van der Waals surface area contributed by atoms with Crippen LogP contribution in [-0.2, 0) is 35.5 Å². The number of ether oxygens (including phenoxy) is 2. The summed E-state index contributed by atoms with van der Waals surface area (Å²) in [5, 5.41) is 15.0. The molecule has 312 valence electrons. The van der Waals surface area contributed by atoms with E-state index in [4.69, 9.17) is 49.2 Å². The third-order valence-corrected chi connectivity index (χ3v) is 11.4. The van der Waals surface area contributed by atoms with Crippen molar-refractivity contribution in [2.75, 3.05) is 11.5 Å². The number of aromatic nitrogens is 8. The van der Waals surface area contributed by atoms with Gasteiger partial charge in [-0.1, -0.05) is 115 Å². The number of fused-ring (bicyclic) bond motifs is 2. The van der Waals surface area contributed by atoms with Crippen LogP contribution in [0.15, 0.2) is 122 Å². The zero-order valence-corrected chi connectivity index (χ0v) is 35.4. The Kier molecular flexibility index (Phi) is 13.5. The summed E-state index contributed by atoms with van der Waals surface area (Å²) >= 11 is 12.1. The smallest absolute Gasteiger partial charge is 0.186 e. The fourth-order valence-electron chi connectivity index (χ4n) is 7.62. The van der Waals surface area contributed by atoms with Crippen molar-refractivity contribution in [1.29, 1.82) is 0 Å². The Morgan fingerprint density at radius 2 is 1.18 bits per heavy atom. The molecule has 0 radical (unpaired) electrons. The Labute approximate surface area is 364 Å². The molecule has 8 aromatic rings. The third kappa shape index (κ3) is 10.7. The normalized spacial score (nSPS) is 18.0. The van der Waals surface area contributed by atoms with Crippen LogP contribution in [0.25, 0.3) is 22.1 Å². The molecule has 4 heterocycles. The molecule has 0 bridgehead atoms. The first-order valence-electron chi connectivity index (χ1n) is 20.5. The van der Waals surface area contributed by atoms with Crippen LogP contribution in [0.4, 0.5) is 11.6 Å². The molecule has 0 saturated heterocycles. The maximum Gasteiger partial charge on any atom is 0.186 e. The van der Waals surface area contributed by atoms with Crippen LogP contribution >= 0.6 is 23.2 Å². The predicted molar refractivity (Wildman–Crippen MR) is 241 cm³/mol. The third-order valence-electron chi connectivity index (χ3n) is 11.0. The van der Waals surface area contributed by atoms with Gasteiger partial charge >= 0.3 is 0 Å². The molecule has 0 aliphatic heterocycles. The molecule has 2 aliphatic rings. The highest BCUT2D eigenvalue weighted by molar-refractivity contribution is 6.30. The number of nitrogen functional groups attached to an aromatic ring is 2. The number of hydrogen-bond donors (Lipinski definition) is 3. The molecule has 2 aliphatic carbocycles. The predicted octanol–water partition coefficient (Wildman–Crippen LogP) is 9.75. The van der Waals surface area contributed by atoms with Crippen molar-refractivity contribution in [1.82, 2.24) is 39.9 Å². The molecule has 61 heavy (non-hydrogen) atoms. The molecule has 0 atom stereocenters. The van der Waals surface area contributed by atoms with Gasteiger partial charge in [-0.2, -0.15) is 10.2 Å². The van der Waals surface area contributed by atoms with Crippen LogP contribution in [0.3, 0.4) is 0 Å². The first-order chi connectivity index (χ1) is 29.8. The number of nitrogens with one attached hydrogen (secondary N) is 1. The van der Waals surface area contributed by atoms with Gasteiger partial charge in [-0.15, -0.1) is 0 Å². The van der Waals surface area contributed by atoms with E-state index < -0.39 is 0 Å². The largest absolute Gasteiger partial charge is 0.383 e. The fourth-order valence-corrected chi connectivity index (χ4v) is 8.05. The maximum absolute atomic E-state index is 6.20. The fraction of sp³-hybridized carbons (Fsp3) is 0.277. The van der Waals surface area contributed by atoms with E-state index in [1.54, 1.807) is 0 Å². The van der Waals surface area contributed by atoms with Crippen LogP contribution in [0, 0.1) is 5.92 Å². The SMILES string of the molecule is CC1CC(OCc2ccccc2)C1.Nc1ncnc2c1c(Cc1cccc(Cl)c1)nn2C1CC(OCc2ccccc2)C1.Nc1ncnc2n[nH]c(Cc3cccc(Cl)c3)c12. The summed E-state index contributed by atoms with van der Waals surface area (Å²) in [7, 11) is 0. The van der Waals surface area contributed by atoms with Gasteiger partial charge in [-0.3, -0.25) is 5.10 Å². The van der Waals surface area contributed by atoms with Crippen molar-refractivity contribution in [2.24, 2.45) is 5.92 Å². The zero-order chi connectivity index (χ0) is 42.1. The quantitative estimate of drug-likeness (QED) is 0.114. The van der Waals surface area contributed by atoms with E-state index in [1.807, 2.05) is 77.5 Å². The van der Waals surface area contributed by atoms with Crippen LogP contribution < -0.4 is 11.5 Å². The van der Waals surface area contributed by atoms with E-state index in [1.165, 1.54) is 36.6 Å². The van der Waals surface area contributed by atoms with Gasteiger partial charge in [0, 0.05) is 22.9 Å².